The molecule has 0 saturated carbocycles. The second-order valence-electron chi connectivity index (χ2n) is 4.47. The Morgan fingerprint density at radius 3 is 2.47 bits per heavy atom. The molecule has 0 bridgehead atoms. The van der Waals surface area contributed by atoms with Crippen LogP contribution in [0.1, 0.15) is 12.0 Å². The molecule has 1 aromatic rings. The third kappa shape index (κ3) is 4.71. The largest absolute Gasteiger partial charge is 0.368 e. The second kappa shape index (κ2) is 7.53. The molecular formula is C14H21N3O2. The van der Waals surface area contributed by atoms with Crippen molar-refractivity contribution < 1.29 is 9.59 Å². The van der Waals surface area contributed by atoms with Crippen LogP contribution in [-0.4, -0.2) is 43.4 Å². The summed E-state index contributed by atoms with van der Waals surface area (Å²) in [4.78, 5) is 24.9. The minimum Gasteiger partial charge on any atom is -0.368 e. The van der Waals surface area contributed by atoms with Crippen LogP contribution in [0.25, 0.3) is 0 Å². The first-order chi connectivity index (χ1) is 9.06. The van der Waals surface area contributed by atoms with E-state index in [-0.39, 0.29) is 5.91 Å². The zero-order valence-corrected chi connectivity index (χ0v) is 11.4. The first kappa shape index (κ1) is 15.2. The summed E-state index contributed by atoms with van der Waals surface area (Å²) in [6.45, 7) is 0.583. The van der Waals surface area contributed by atoms with Gasteiger partial charge in [0.1, 0.15) is 6.04 Å². The Balaban J connectivity index is 2.72. The summed E-state index contributed by atoms with van der Waals surface area (Å²) < 4.78 is 0. The van der Waals surface area contributed by atoms with Crippen molar-refractivity contribution in [1.29, 1.82) is 0 Å². The predicted molar refractivity (Wildman–Crippen MR) is 74.4 cm³/mol. The fourth-order valence-electron chi connectivity index (χ4n) is 1.85. The van der Waals surface area contributed by atoms with E-state index in [0.29, 0.717) is 19.4 Å². The number of carbonyl (C=O) groups excluding carboxylic acids is 2. The molecular weight excluding hydrogens is 242 g/mol. The number of carbonyl (C=O) groups is 2. The third-order valence-electron chi connectivity index (χ3n) is 3.05. The van der Waals surface area contributed by atoms with Crippen molar-refractivity contribution in [2.45, 2.75) is 18.9 Å². The Hall–Kier alpha value is -1.88. The lowest BCUT2D eigenvalue weighted by atomic mass is 10.0. The van der Waals surface area contributed by atoms with Crippen LogP contribution in [0.2, 0.25) is 0 Å². The third-order valence-corrected chi connectivity index (χ3v) is 3.05. The Morgan fingerprint density at radius 2 is 1.95 bits per heavy atom. The van der Waals surface area contributed by atoms with Gasteiger partial charge < -0.3 is 16.0 Å². The van der Waals surface area contributed by atoms with Gasteiger partial charge in [0.25, 0.3) is 0 Å². The highest BCUT2D eigenvalue weighted by atomic mass is 16.2. The van der Waals surface area contributed by atoms with Crippen molar-refractivity contribution in [3.63, 3.8) is 0 Å². The van der Waals surface area contributed by atoms with Crippen molar-refractivity contribution >= 4 is 11.8 Å². The van der Waals surface area contributed by atoms with Gasteiger partial charge in [0.2, 0.25) is 11.8 Å². The molecule has 0 unspecified atom stereocenters. The molecule has 5 heteroatoms. The van der Waals surface area contributed by atoms with Crippen LogP contribution < -0.4 is 11.1 Å². The molecule has 0 fully saturated rings. The summed E-state index contributed by atoms with van der Waals surface area (Å²) >= 11 is 0. The molecule has 0 heterocycles. The minimum absolute atomic E-state index is 0.0888. The number of benzene rings is 1. The van der Waals surface area contributed by atoms with Crippen LogP contribution in [0.15, 0.2) is 30.3 Å². The first-order valence-electron chi connectivity index (χ1n) is 6.29. The molecule has 0 aliphatic rings. The molecule has 2 amide bonds. The number of nitrogens with zero attached hydrogens (tertiary/aromatic N) is 1. The van der Waals surface area contributed by atoms with E-state index in [1.54, 1.807) is 14.1 Å². The molecule has 3 N–H and O–H groups in total. The van der Waals surface area contributed by atoms with E-state index in [9.17, 15) is 9.59 Å². The summed E-state index contributed by atoms with van der Waals surface area (Å²) in [5, 5.41) is 2.91. The maximum atomic E-state index is 11.9. The van der Waals surface area contributed by atoms with Crippen molar-refractivity contribution in [3.8, 4) is 0 Å². The van der Waals surface area contributed by atoms with Crippen molar-refractivity contribution in [2.75, 3.05) is 20.6 Å². The fourth-order valence-corrected chi connectivity index (χ4v) is 1.85. The smallest absolute Gasteiger partial charge is 0.240 e. The summed E-state index contributed by atoms with van der Waals surface area (Å²) in [5.74, 6) is -0.571. The van der Waals surface area contributed by atoms with Crippen molar-refractivity contribution in [3.05, 3.63) is 35.9 Å². The standard InChI is InChI=1S/C14H21N3O2/c1-16-9-8-13(18)17(2)12(14(15)19)10-11-6-4-3-5-7-11/h3-7,12,16H,8-10H2,1-2H3,(H2,15,19)/t12-/m0/s1. The second-order valence-corrected chi connectivity index (χ2v) is 4.47. The Morgan fingerprint density at radius 1 is 1.32 bits per heavy atom. The number of likely N-dealkylation sites (N-methyl/N-ethyl adjacent to an activating group) is 1. The molecule has 0 aromatic heterocycles. The first-order valence-corrected chi connectivity index (χ1v) is 6.29. The lowest BCUT2D eigenvalue weighted by molar-refractivity contribution is -0.137. The van der Waals surface area contributed by atoms with E-state index in [0.717, 1.165) is 5.56 Å². The number of hydrogen-bond acceptors (Lipinski definition) is 3. The zero-order chi connectivity index (χ0) is 14.3. The SMILES string of the molecule is CNCCC(=O)N(C)[C@@H](Cc1ccccc1)C(N)=O. The predicted octanol–water partition coefficient (Wildman–Crippen LogP) is 0.151. The van der Waals surface area contributed by atoms with E-state index in [1.165, 1.54) is 4.90 Å². The maximum absolute atomic E-state index is 11.9. The van der Waals surface area contributed by atoms with Crippen LogP contribution in [0.3, 0.4) is 0 Å². The van der Waals surface area contributed by atoms with Gasteiger partial charge in [-0.2, -0.15) is 0 Å². The molecule has 0 spiro atoms. The van der Waals surface area contributed by atoms with Gasteiger partial charge in [0.15, 0.2) is 0 Å². The van der Waals surface area contributed by atoms with Crippen molar-refractivity contribution in [1.82, 2.24) is 10.2 Å². The lowest BCUT2D eigenvalue weighted by Gasteiger charge is -2.26. The van der Waals surface area contributed by atoms with Gasteiger partial charge in [-0.05, 0) is 12.6 Å². The van der Waals surface area contributed by atoms with Gasteiger partial charge in [0.05, 0.1) is 0 Å². The summed E-state index contributed by atoms with van der Waals surface area (Å²) in [7, 11) is 3.40. The number of nitrogens with two attached hydrogens (primary N) is 1. The van der Waals surface area contributed by atoms with Crippen LogP contribution in [0.5, 0.6) is 0 Å². The molecule has 1 rings (SSSR count). The number of amides is 2. The Bertz CT molecular complexity index is 420. The van der Waals surface area contributed by atoms with Crippen molar-refractivity contribution in [2.24, 2.45) is 5.73 Å². The van der Waals surface area contributed by atoms with Gasteiger partial charge in [0, 0.05) is 26.4 Å². The average Bonchev–Trinajstić information content (AvgIpc) is 2.42. The van der Waals surface area contributed by atoms with Gasteiger partial charge in [-0.25, -0.2) is 0 Å². The van der Waals surface area contributed by atoms with E-state index in [4.69, 9.17) is 5.73 Å². The summed E-state index contributed by atoms with van der Waals surface area (Å²) in [6.07, 6.45) is 0.795. The van der Waals surface area contributed by atoms with E-state index < -0.39 is 11.9 Å². The van der Waals surface area contributed by atoms with Gasteiger partial charge in [-0.3, -0.25) is 9.59 Å². The van der Waals surface area contributed by atoms with Crippen LogP contribution in [0.4, 0.5) is 0 Å². The monoisotopic (exact) mass is 263 g/mol. The van der Waals surface area contributed by atoms with Crippen LogP contribution >= 0.6 is 0 Å². The molecule has 0 aliphatic carbocycles. The number of rotatable bonds is 7. The quantitative estimate of drug-likeness (QED) is 0.735. The lowest BCUT2D eigenvalue weighted by Crippen LogP contribution is -2.47. The highest BCUT2D eigenvalue weighted by Crippen LogP contribution is 2.08. The molecule has 0 radical (unpaired) electrons. The average molecular weight is 263 g/mol. The fraction of sp³-hybridized carbons (Fsp3) is 0.429. The highest BCUT2D eigenvalue weighted by Gasteiger charge is 2.24. The zero-order valence-electron chi connectivity index (χ0n) is 11.4. The van der Waals surface area contributed by atoms with E-state index in [2.05, 4.69) is 5.32 Å². The van der Waals surface area contributed by atoms with Crippen LogP contribution in [-0.2, 0) is 16.0 Å². The highest BCUT2D eigenvalue weighted by molar-refractivity contribution is 5.86. The number of hydrogen-bond donors (Lipinski definition) is 2. The Kier molecular flexibility index (Phi) is 6.02. The topological polar surface area (TPSA) is 75.4 Å². The molecule has 1 aromatic carbocycles. The maximum Gasteiger partial charge on any atom is 0.240 e. The van der Waals surface area contributed by atoms with Crippen LogP contribution in [0, 0.1) is 0 Å². The summed E-state index contributed by atoms with van der Waals surface area (Å²) in [5.41, 5.74) is 6.39. The van der Waals surface area contributed by atoms with Gasteiger partial charge in [-0.15, -0.1) is 0 Å². The molecule has 104 valence electrons. The molecule has 5 nitrogen and oxygen atoms in total. The van der Waals surface area contributed by atoms with E-state index >= 15 is 0 Å². The number of nitrogens with one attached hydrogen (secondary N) is 1. The van der Waals surface area contributed by atoms with E-state index in [1.807, 2.05) is 30.3 Å². The van der Waals surface area contributed by atoms with Gasteiger partial charge in [-0.1, -0.05) is 30.3 Å². The molecule has 1 atom stereocenters. The van der Waals surface area contributed by atoms with Gasteiger partial charge >= 0.3 is 0 Å². The molecule has 19 heavy (non-hydrogen) atoms. The molecule has 0 aliphatic heterocycles. The molecule has 0 saturated heterocycles. The summed E-state index contributed by atoms with van der Waals surface area (Å²) in [6, 6.07) is 8.94. The Labute approximate surface area is 113 Å². The minimum atomic E-state index is -0.605. The number of primary amides is 1. The normalized spacial score (nSPS) is 11.9.